The lowest BCUT2D eigenvalue weighted by Gasteiger charge is -2.08. The van der Waals surface area contributed by atoms with Gasteiger partial charge in [0.2, 0.25) is 0 Å². The Labute approximate surface area is 122 Å². The molecule has 104 valence electrons. The number of aromatic nitrogens is 1. The normalized spacial score (nSPS) is 10.2. The Kier molecular flexibility index (Phi) is 4.58. The van der Waals surface area contributed by atoms with Crippen molar-refractivity contribution in [2.75, 3.05) is 11.9 Å². The molecule has 0 bridgehead atoms. The molecule has 2 rings (SSSR count). The maximum absolute atomic E-state index is 12.1. The number of carbonyl (C=O) groups excluding carboxylic acids is 1. The van der Waals surface area contributed by atoms with Crippen molar-refractivity contribution < 1.29 is 9.53 Å². The third kappa shape index (κ3) is 3.48. The van der Waals surface area contributed by atoms with Gasteiger partial charge in [0.25, 0.3) is 5.91 Å². The third-order valence-electron chi connectivity index (χ3n) is 2.66. The average Bonchev–Trinajstić information content (AvgIpc) is 2.41. The van der Waals surface area contributed by atoms with E-state index in [1.54, 1.807) is 30.3 Å². The molecule has 0 aliphatic rings. The zero-order chi connectivity index (χ0) is 14.5. The maximum Gasteiger partial charge on any atom is 0.258 e. The lowest BCUT2D eigenvalue weighted by Crippen LogP contribution is -2.13. The molecule has 0 saturated carbocycles. The highest BCUT2D eigenvalue weighted by molar-refractivity contribution is 6.34. The summed E-state index contributed by atoms with van der Waals surface area (Å²) in [5.74, 6) is 0.479. The molecular formula is C15H15ClN2O2. The van der Waals surface area contributed by atoms with Crippen LogP contribution < -0.4 is 10.1 Å². The van der Waals surface area contributed by atoms with E-state index in [4.69, 9.17) is 16.3 Å². The number of hydrogen-bond donors (Lipinski definition) is 1. The molecule has 0 spiro atoms. The Morgan fingerprint density at radius 3 is 2.65 bits per heavy atom. The maximum atomic E-state index is 12.1. The molecule has 4 nitrogen and oxygen atoms in total. The van der Waals surface area contributed by atoms with Gasteiger partial charge >= 0.3 is 0 Å². The van der Waals surface area contributed by atoms with Gasteiger partial charge < -0.3 is 10.1 Å². The quantitative estimate of drug-likeness (QED) is 0.934. The molecule has 1 N–H and O–H groups in total. The van der Waals surface area contributed by atoms with Crippen LogP contribution in [0.4, 0.5) is 5.69 Å². The van der Waals surface area contributed by atoms with Crippen LogP contribution in [0.2, 0.25) is 5.02 Å². The number of nitrogens with one attached hydrogen (secondary N) is 1. The first-order valence-corrected chi connectivity index (χ1v) is 6.64. The zero-order valence-corrected chi connectivity index (χ0v) is 12.1. The van der Waals surface area contributed by atoms with Crippen LogP contribution >= 0.6 is 11.6 Å². The first kappa shape index (κ1) is 14.3. The lowest BCUT2D eigenvalue weighted by molar-refractivity contribution is 0.102. The van der Waals surface area contributed by atoms with Gasteiger partial charge in [-0.1, -0.05) is 11.6 Å². The molecule has 2 aromatic rings. The highest BCUT2D eigenvalue weighted by Gasteiger charge is 2.11. The second-order valence-electron chi connectivity index (χ2n) is 4.22. The van der Waals surface area contributed by atoms with Crippen LogP contribution in [0.3, 0.4) is 0 Å². The van der Waals surface area contributed by atoms with E-state index < -0.39 is 0 Å². The minimum atomic E-state index is -0.286. The monoisotopic (exact) mass is 290 g/mol. The fourth-order valence-corrected chi connectivity index (χ4v) is 1.99. The molecule has 0 fully saturated rings. The largest absolute Gasteiger partial charge is 0.494 e. The number of amides is 1. The van der Waals surface area contributed by atoms with Crippen LogP contribution in [-0.4, -0.2) is 17.5 Å². The summed E-state index contributed by atoms with van der Waals surface area (Å²) in [6.07, 6.45) is 1.47. The van der Waals surface area contributed by atoms with Crippen molar-refractivity contribution >= 4 is 23.2 Å². The molecule has 1 aromatic heterocycles. The van der Waals surface area contributed by atoms with E-state index in [-0.39, 0.29) is 5.91 Å². The Morgan fingerprint density at radius 1 is 1.35 bits per heavy atom. The van der Waals surface area contributed by atoms with E-state index in [9.17, 15) is 4.79 Å². The standard InChI is InChI=1S/C15H15ClN2O2/c1-3-20-12-6-4-11(5-7-12)18-15(19)13-9-17-10(2)8-14(13)16/h4-9H,3H2,1-2H3,(H,18,19). The van der Waals surface area contributed by atoms with Gasteiger partial charge in [-0.25, -0.2) is 0 Å². The second-order valence-corrected chi connectivity index (χ2v) is 4.62. The van der Waals surface area contributed by atoms with Gasteiger partial charge in [0, 0.05) is 17.6 Å². The molecule has 20 heavy (non-hydrogen) atoms. The number of aryl methyl sites for hydroxylation is 1. The summed E-state index contributed by atoms with van der Waals surface area (Å²) in [6.45, 7) is 4.35. The second kappa shape index (κ2) is 6.39. The van der Waals surface area contributed by atoms with E-state index in [2.05, 4.69) is 10.3 Å². The Balaban J connectivity index is 2.11. The highest BCUT2D eigenvalue weighted by Crippen LogP contribution is 2.19. The molecule has 1 aromatic carbocycles. The fourth-order valence-electron chi connectivity index (χ4n) is 1.69. The number of pyridine rings is 1. The summed E-state index contributed by atoms with van der Waals surface area (Å²) in [5.41, 5.74) is 1.80. The summed E-state index contributed by atoms with van der Waals surface area (Å²) in [5, 5.41) is 3.16. The summed E-state index contributed by atoms with van der Waals surface area (Å²) < 4.78 is 5.34. The Hall–Kier alpha value is -2.07. The smallest absolute Gasteiger partial charge is 0.258 e. The number of halogens is 1. The number of rotatable bonds is 4. The molecule has 0 aliphatic heterocycles. The summed E-state index contributed by atoms with van der Waals surface area (Å²) in [6, 6.07) is 8.81. The zero-order valence-electron chi connectivity index (χ0n) is 11.3. The third-order valence-corrected chi connectivity index (χ3v) is 2.97. The van der Waals surface area contributed by atoms with Crippen LogP contribution in [0.25, 0.3) is 0 Å². The topological polar surface area (TPSA) is 51.2 Å². The van der Waals surface area contributed by atoms with E-state index >= 15 is 0 Å². The molecule has 5 heteroatoms. The molecule has 0 unspecified atom stereocenters. The van der Waals surface area contributed by atoms with Gasteiger partial charge in [-0.2, -0.15) is 0 Å². The lowest BCUT2D eigenvalue weighted by atomic mass is 10.2. The summed E-state index contributed by atoms with van der Waals surface area (Å²) in [4.78, 5) is 16.2. The minimum absolute atomic E-state index is 0.286. The van der Waals surface area contributed by atoms with Gasteiger partial charge in [-0.3, -0.25) is 9.78 Å². The van der Waals surface area contributed by atoms with Crippen molar-refractivity contribution in [1.82, 2.24) is 4.98 Å². The van der Waals surface area contributed by atoms with Crippen molar-refractivity contribution in [3.05, 3.63) is 52.8 Å². The molecule has 1 amide bonds. The number of benzene rings is 1. The van der Waals surface area contributed by atoms with Crippen LogP contribution in [0.15, 0.2) is 36.5 Å². The predicted octanol–water partition coefficient (Wildman–Crippen LogP) is 3.69. The Morgan fingerprint density at radius 2 is 2.05 bits per heavy atom. The summed E-state index contributed by atoms with van der Waals surface area (Å²) >= 11 is 6.04. The molecular weight excluding hydrogens is 276 g/mol. The van der Waals surface area contributed by atoms with Crippen molar-refractivity contribution in [2.45, 2.75) is 13.8 Å². The highest BCUT2D eigenvalue weighted by atomic mass is 35.5. The van der Waals surface area contributed by atoms with Crippen LogP contribution in [0, 0.1) is 6.92 Å². The van der Waals surface area contributed by atoms with Gasteiger partial charge in [-0.15, -0.1) is 0 Å². The predicted molar refractivity (Wildman–Crippen MR) is 79.5 cm³/mol. The van der Waals surface area contributed by atoms with Gasteiger partial charge in [-0.05, 0) is 44.2 Å². The number of ether oxygens (including phenoxy) is 1. The molecule has 1 heterocycles. The van der Waals surface area contributed by atoms with Gasteiger partial charge in [0.1, 0.15) is 5.75 Å². The Bertz CT molecular complexity index is 612. The summed E-state index contributed by atoms with van der Waals surface area (Å²) in [7, 11) is 0. The average molecular weight is 291 g/mol. The number of anilines is 1. The van der Waals surface area contributed by atoms with Crippen molar-refractivity contribution in [3.63, 3.8) is 0 Å². The van der Waals surface area contributed by atoms with E-state index in [0.717, 1.165) is 11.4 Å². The molecule has 0 saturated heterocycles. The van der Waals surface area contributed by atoms with Gasteiger partial charge in [0.15, 0.2) is 0 Å². The molecule has 0 aliphatic carbocycles. The fraction of sp³-hybridized carbons (Fsp3) is 0.200. The van der Waals surface area contributed by atoms with Gasteiger partial charge in [0.05, 0.1) is 17.2 Å². The van der Waals surface area contributed by atoms with Crippen LogP contribution in [0.5, 0.6) is 5.75 Å². The first-order valence-electron chi connectivity index (χ1n) is 6.26. The molecule has 0 radical (unpaired) electrons. The number of nitrogens with zero attached hydrogens (tertiary/aromatic N) is 1. The van der Waals surface area contributed by atoms with Crippen LogP contribution in [-0.2, 0) is 0 Å². The number of carbonyl (C=O) groups is 1. The number of hydrogen-bond acceptors (Lipinski definition) is 3. The van der Waals surface area contributed by atoms with E-state index in [1.165, 1.54) is 6.20 Å². The van der Waals surface area contributed by atoms with E-state index in [1.807, 2.05) is 13.8 Å². The minimum Gasteiger partial charge on any atom is -0.494 e. The first-order chi connectivity index (χ1) is 9.60. The van der Waals surface area contributed by atoms with Crippen molar-refractivity contribution in [1.29, 1.82) is 0 Å². The van der Waals surface area contributed by atoms with Crippen molar-refractivity contribution in [2.24, 2.45) is 0 Å². The van der Waals surface area contributed by atoms with E-state index in [0.29, 0.717) is 22.9 Å². The SMILES string of the molecule is CCOc1ccc(NC(=O)c2cnc(C)cc2Cl)cc1. The molecule has 0 atom stereocenters. The van der Waals surface area contributed by atoms with Crippen LogP contribution in [0.1, 0.15) is 23.0 Å². The van der Waals surface area contributed by atoms with Crippen molar-refractivity contribution in [3.8, 4) is 5.75 Å².